The molecular weight excluding hydrogens is 270 g/mol. The molecule has 1 heterocycles. The van der Waals surface area contributed by atoms with E-state index in [-0.39, 0.29) is 31.6 Å². The minimum Gasteiger partial charge on any atom is -0.481 e. The van der Waals surface area contributed by atoms with Crippen molar-refractivity contribution >= 4 is 16.0 Å². The minimum absolute atomic E-state index is 0.00635. The van der Waals surface area contributed by atoms with Gasteiger partial charge in [0.1, 0.15) is 0 Å². The van der Waals surface area contributed by atoms with Crippen LogP contribution < -0.4 is 0 Å². The van der Waals surface area contributed by atoms with Gasteiger partial charge in [-0.1, -0.05) is 0 Å². The molecule has 0 unspecified atom stereocenters. The van der Waals surface area contributed by atoms with Crippen LogP contribution in [0.4, 0.5) is 0 Å². The molecule has 0 atom stereocenters. The van der Waals surface area contributed by atoms with E-state index in [0.29, 0.717) is 12.8 Å². The Morgan fingerprint density at radius 3 is 2.32 bits per heavy atom. The Kier molecular flexibility index (Phi) is 5.34. The van der Waals surface area contributed by atoms with Crippen molar-refractivity contribution in [1.82, 2.24) is 4.31 Å². The second-order valence-corrected chi connectivity index (χ2v) is 7.59. The van der Waals surface area contributed by atoms with Crippen molar-refractivity contribution < 1.29 is 23.1 Å². The SMILES string of the molecule is CC(C)OCCS(=O)(=O)N1CCC(C)(C(=O)O)CC1. The van der Waals surface area contributed by atoms with Gasteiger partial charge in [-0.25, -0.2) is 12.7 Å². The van der Waals surface area contributed by atoms with Crippen molar-refractivity contribution in [1.29, 1.82) is 0 Å². The molecular formula is C12H23NO5S. The highest BCUT2D eigenvalue weighted by Crippen LogP contribution is 2.32. The lowest BCUT2D eigenvalue weighted by molar-refractivity contribution is -0.150. The lowest BCUT2D eigenvalue weighted by atomic mass is 9.81. The first kappa shape index (κ1) is 16.4. The molecule has 1 aliphatic rings. The molecule has 0 aromatic heterocycles. The molecule has 1 aliphatic heterocycles. The van der Waals surface area contributed by atoms with Crippen molar-refractivity contribution in [3.8, 4) is 0 Å². The average Bonchev–Trinajstić information content (AvgIpc) is 2.28. The number of carboxylic acid groups (broad SMARTS) is 1. The van der Waals surface area contributed by atoms with E-state index in [2.05, 4.69) is 0 Å². The summed E-state index contributed by atoms with van der Waals surface area (Å²) in [5, 5.41) is 9.10. The zero-order chi connectivity index (χ0) is 14.7. The molecule has 0 radical (unpaired) electrons. The molecule has 0 spiro atoms. The summed E-state index contributed by atoms with van der Waals surface area (Å²) in [4.78, 5) is 11.1. The molecule has 0 aliphatic carbocycles. The maximum absolute atomic E-state index is 12.0. The highest BCUT2D eigenvalue weighted by Gasteiger charge is 2.39. The standard InChI is InChI=1S/C12H23NO5S/c1-10(2)18-8-9-19(16,17)13-6-4-12(3,5-7-13)11(14)15/h10H,4-9H2,1-3H3,(H,14,15). The van der Waals surface area contributed by atoms with Gasteiger partial charge in [-0.2, -0.15) is 0 Å². The van der Waals surface area contributed by atoms with Crippen LogP contribution in [0, 0.1) is 5.41 Å². The highest BCUT2D eigenvalue weighted by molar-refractivity contribution is 7.89. The monoisotopic (exact) mass is 293 g/mol. The molecule has 0 aromatic carbocycles. The second-order valence-electron chi connectivity index (χ2n) is 5.50. The molecule has 112 valence electrons. The van der Waals surface area contributed by atoms with Gasteiger partial charge in [-0.3, -0.25) is 4.79 Å². The zero-order valence-corrected chi connectivity index (χ0v) is 12.6. The number of sulfonamides is 1. The van der Waals surface area contributed by atoms with Crippen LogP contribution in [0.15, 0.2) is 0 Å². The van der Waals surface area contributed by atoms with Gasteiger partial charge < -0.3 is 9.84 Å². The zero-order valence-electron chi connectivity index (χ0n) is 11.8. The molecule has 1 rings (SSSR count). The summed E-state index contributed by atoms with van der Waals surface area (Å²) in [6, 6.07) is 0. The number of carbonyl (C=O) groups is 1. The summed E-state index contributed by atoms with van der Waals surface area (Å²) in [7, 11) is -3.34. The molecule has 0 saturated carbocycles. The van der Waals surface area contributed by atoms with E-state index in [0.717, 1.165) is 0 Å². The smallest absolute Gasteiger partial charge is 0.309 e. The van der Waals surface area contributed by atoms with Gasteiger partial charge in [0.25, 0.3) is 0 Å². The van der Waals surface area contributed by atoms with Gasteiger partial charge in [0, 0.05) is 13.1 Å². The van der Waals surface area contributed by atoms with E-state index in [1.807, 2.05) is 13.8 Å². The number of piperidine rings is 1. The maximum Gasteiger partial charge on any atom is 0.309 e. The van der Waals surface area contributed by atoms with Crippen molar-refractivity contribution in [3.63, 3.8) is 0 Å². The number of nitrogens with zero attached hydrogens (tertiary/aromatic N) is 1. The Morgan fingerprint density at radius 1 is 1.37 bits per heavy atom. The average molecular weight is 293 g/mol. The molecule has 19 heavy (non-hydrogen) atoms. The topological polar surface area (TPSA) is 83.9 Å². The third kappa shape index (κ3) is 4.43. The molecule has 0 aromatic rings. The molecule has 6 nitrogen and oxygen atoms in total. The van der Waals surface area contributed by atoms with E-state index in [4.69, 9.17) is 9.84 Å². The second kappa shape index (κ2) is 6.19. The van der Waals surface area contributed by atoms with Gasteiger partial charge in [-0.15, -0.1) is 0 Å². The van der Waals surface area contributed by atoms with Crippen LogP contribution in [-0.2, 0) is 19.6 Å². The Labute approximate surface area is 114 Å². The normalized spacial score (nSPS) is 20.6. The van der Waals surface area contributed by atoms with E-state index in [1.165, 1.54) is 4.31 Å². The first-order valence-corrected chi connectivity index (χ1v) is 8.11. The van der Waals surface area contributed by atoms with Gasteiger partial charge in [-0.05, 0) is 33.6 Å². The third-order valence-corrected chi connectivity index (χ3v) is 5.36. The molecule has 1 N–H and O–H groups in total. The lowest BCUT2D eigenvalue weighted by Crippen LogP contribution is -2.46. The Hall–Kier alpha value is -0.660. The minimum atomic E-state index is -3.34. The third-order valence-electron chi connectivity index (χ3n) is 3.53. The summed E-state index contributed by atoms with van der Waals surface area (Å²) in [5.74, 6) is -0.901. The molecule has 1 fully saturated rings. The van der Waals surface area contributed by atoms with E-state index >= 15 is 0 Å². The summed E-state index contributed by atoms with van der Waals surface area (Å²) in [6.45, 7) is 6.09. The molecule has 0 amide bonds. The predicted octanol–water partition coefficient (Wildman–Crippen LogP) is 0.928. The van der Waals surface area contributed by atoms with Gasteiger partial charge in [0.15, 0.2) is 0 Å². The number of hydrogen-bond donors (Lipinski definition) is 1. The lowest BCUT2D eigenvalue weighted by Gasteiger charge is -2.35. The molecule has 7 heteroatoms. The molecule has 1 saturated heterocycles. The van der Waals surface area contributed by atoms with Gasteiger partial charge in [0.2, 0.25) is 10.0 Å². The van der Waals surface area contributed by atoms with E-state index in [1.54, 1.807) is 6.92 Å². The number of carboxylic acids is 1. The van der Waals surface area contributed by atoms with Crippen LogP contribution in [0.2, 0.25) is 0 Å². The predicted molar refractivity (Wildman–Crippen MR) is 71.4 cm³/mol. The summed E-state index contributed by atoms with van der Waals surface area (Å²) in [5.41, 5.74) is -0.805. The first-order chi connectivity index (χ1) is 8.67. The largest absolute Gasteiger partial charge is 0.481 e. The quantitative estimate of drug-likeness (QED) is 0.787. The van der Waals surface area contributed by atoms with Crippen LogP contribution in [0.3, 0.4) is 0 Å². The van der Waals surface area contributed by atoms with Crippen LogP contribution in [0.25, 0.3) is 0 Å². The highest BCUT2D eigenvalue weighted by atomic mass is 32.2. The summed E-state index contributed by atoms with van der Waals surface area (Å²) < 4.78 is 30.7. The van der Waals surface area contributed by atoms with E-state index < -0.39 is 21.4 Å². The fourth-order valence-corrected chi connectivity index (χ4v) is 3.29. The van der Waals surface area contributed by atoms with Gasteiger partial charge >= 0.3 is 5.97 Å². The fourth-order valence-electron chi connectivity index (χ4n) is 1.99. The van der Waals surface area contributed by atoms with Gasteiger partial charge in [0.05, 0.1) is 23.9 Å². The maximum atomic E-state index is 12.0. The number of hydrogen-bond acceptors (Lipinski definition) is 4. The van der Waals surface area contributed by atoms with Crippen LogP contribution in [0.5, 0.6) is 0 Å². The Bertz CT molecular complexity index is 410. The molecule has 0 bridgehead atoms. The van der Waals surface area contributed by atoms with Crippen LogP contribution >= 0.6 is 0 Å². The van der Waals surface area contributed by atoms with Crippen LogP contribution in [0.1, 0.15) is 33.6 Å². The summed E-state index contributed by atoms with van der Waals surface area (Å²) >= 11 is 0. The summed E-state index contributed by atoms with van der Waals surface area (Å²) in [6.07, 6.45) is 0.714. The Morgan fingerprint density at radius 2 is 1.89 bits per heavy atom. The van der Waals surface area contributed by atoms with E-state index in [9.17, 15) is 13.2 Å². The number of rotatable bonds is 6. The van der Waals surface area contributed by atoms with Crippen LogP contribution in [-0.4, -0.2) is 55.4 Å². The van der Waals surface area contributed by atoms with Crippen molar-refractivity contribution in [3.05, 3.63) is 0 Å². The first-order valence-electron chi connectivity index (χ1n) is 6.50. The fraction of sp³-hybridized carbons (Fsp3) is 0.917. The van der Waals surface area contributed by atoms with Crippen molar-refractivity contribution in [2.75, 3.05) is 25.4 Å². The van der Waals surface area contributed by atoms with Crippen molar-refractivity contribution in [2.24, 2.45) is 5.41 Å². The number of aliphatic carboxylic acids is 1. The Balaban J connectivity index is 2.52. The number of ether oxygens (including phenoxy) is 1. The van der Waals surface area contributed by atoms with Crippen molar-refractivity contribution in [2.45, 2.75) is 39.7 Å².